The van der Waals surface area contributed by atoms with Gasteiger partial charge in [0.25, 0.3) is 0 Å². The second-order valence-corrected chi connectivity index (χ2v) is 4.95. The first-order valence-electron chi connectivity index (χ1n) is 6.39. The first kappa shape index (κ1) is 11.7. The van der Waals surface area contributed by atoms with Gasteiger partial charge in [-0.3, -0.25) is 0 Å². The zero-order chi connectivity index (χ0) is 11.4. The van der Waals surface area contributed by atoms with E-state index in [0.29, 0.717) is 5.92 Å². The molecular weight excluding hydrogens is 204 g/mol. The molecule has 0 aromatic heterocycles. The van der Waals surface area contributed by atoms with E-state index in [1.807, 2.05) is 11.9 Å². The van der Waals surface area contributed by atoms with Crippen molar-refractivity contribution < 1.29 is 9.53 Å². The summed E-state index contributed by atoms with van der Waals surface area (Å²) in [5, 5.41) is 3.16. The Hall–Kier alpha value is -0.770. The van der Waals surface area contributed by atoms with E-state index in [1.165, 1.54) is 6.42 Å². The molecule has 92 valence electrons. The van der Waals surface area contributed by atoms with Crippen molar-refractivity contribution >= 4 is 6.09 Å². The molecule has 0 aromatic carbocycles. The van der Waals surface area contributed by atoms with Crippen LogP contribution < -0.4 is 5.32 Å². The van der Waals surface area contributed by atoms with Gasteiger partial charge in [-0.25, -0.2) is 4.79 Å². The van der Waals surface area contributed by atoms with E-state index in [4.69, 9.17) is 4.74 Å². The molecule has 2 rings (SSSR count). The Morgan fingerprint density at radius 2 is 2.00 bits per heavy atom. The minimum absolute atomic E-state index is 0.0902. The van der Waals surface area contributed by atoms with Gasteiger partial charge in [-0.1, -0.05) is 0 Å². The normalized spacial score (nSPS) is 29.7. The van der Waals surface area contributed by atoms with Crippen LogP contribution in [0.15, 0.2) is 0 Å². The largest absolute Gasteiger partial charge is 0.446 e. The SMILES string of the molecule is CNCC1CC(OC(=O)N2CCCCC2)C1. The first-order valence-corrected chi connectivity index (χ1v) is 6.39. The molecule has 4 nitrogen and oxygen atoms in total. The second-order valence-electron chi connectivity index (χ2n) is 4.95. The number of carbonyl (C=O) groups is 1. The topological polar surface area (TPSA) is 41.6 Å². The molecule has 1 N–H and O–H groups in total. The Labute approximate surface area is 97.3 Å². The number of hydrogen-bond donors (Lipinski definition) is 1. The van der Waals surface area contributed by atoms with Crippen molar-refractivity contribution in [3.05, 3.63) is 0 Å². The molecule has 0 bridgehead atoms. The van der Waals surface area contributed by atoms with Crippen molar-refractivity contribution in [2.24, 2.45) is 5.92 Å². The Kier molecular flexibility index (Phi) is 4.04. The van der Waals surface area contributed by atoms with Gasteiger partial charge in [0.05, 0.1) is 0 Å². The average molecular weight is 226 g/mol. The number of nitrogens with one attached hydrogen (secondary N) is 1. The second kappa shape index (κ2) is 5.53. The molecule has 1 saturated heterocycles. The summed E-state index contributed by atoms with van der Waals surface area (Å²) in [5.41, 5.74) is 0. The van der Waals surface area contributed by atoms with Gasteiger partial charge in [0, 0.05) is 13.1 Å². The Bertz CT molecular complexity index is 233. The van der Waals surface area contributed by atoms with Crippen LogP contribution in [0.2, 0.25) is 0 Å². The van der Waals surface area contributed by atoms with Gasteiger partial charge < -0.3 is 15.0 Å². The number of likely N-dealkylation sites (tertiary alicyclic amines) is 1. The maximum absolute atomic E-state index is 11.8. The van der Waals surface area contributed by atoms with Gasteiger partial charge in [-0.2, -0.15) is 0 Å². The van der Waals surface area contributed by atoms with Crippen molar-refractivity contribution in [1.82, 2.24) is 10.2 Å². The molecule has 0 aromatic rings. The highest BCUT2D eigenvalue weighted by Gasteiger charge is 2.32. The van der Waals surface area contributed by atoms with Crippen LogP contribution in [-0.4, -0.2) is 43.8 Å². The predicted molar refractivity (Wildman–Crippen MR) is 62.3 cm³/mol. The minimum atomic E-state index is -0.0902. The van der Waals surface area contributed by atoms with Gasteiger partial charge in [0.1, 0.15) is 6.10 Å². The first-order chi connectivity index (χ1) is 7.79. The van der Waals surface area contributed by atoms with E-state index in [-0.39, 0.29) is 12.2 Å². The molecule has 2 fully saturated rings. The smallest absolute Gasteiger partial charge is 0.410 e. The van der Waals surface area contributed by atoms with E-state index in [0.717, 1.165) is 45.3 Å². The van der Waals surface area contributed by atoms with E-state index in [9.17, 15) is 4.79 Å². The Morgan fingerprint density at radius 3 is 2.62 bits per heavy atom. The van der Waals surface area contributed by atoms with Crippen LogP contribution in [0, 0.1) is 5.92 Å². The van der Waals surface area contributed by atoms with E-state index >= 15 is 0 Å². The summed E-state index contributed by atoms with van der Waals surface area (Å²) >= 11 is 0. The standard InChI is InChI=1S/C12H22N2O2/c1-13-9-10-7-11(8-10)16-12(15)14-5-3-2-4-6-14/h10-11,13H,2-9H2,1H3. The highest BCUT2D eigenvalue weighted by atomic mass is 16.6. The van der Waals surface area contributed by atoms with Crippen molar-refractivity contribution in [3.8, 4) is 0 Å². The summed E-state index contributed by atoms with van der Waals surface area (Å²) < 4.78 is 5.46. The molecule has 1 aliphatic carbocycles. The quantitative estimate of drug-likeness (QED) is 0.795. The highest BCUT2D eigenvalue weighted by Crippen LogP contribution is 2.30. The summed E-state index contributed by atoms with van der Waals surface area (Å²) in [5.74, 6) is 0.698. The fourth-order valence-corrected chi connectivity index (χ4v) is 2.52. The average Bonchev–Trinajstić information content (AvgIpc) is 2.27. The molecule has 0 unspecified atom stereocenters. The minimum Gasteiger partial charge on any atom is -0.446 e. The molecular formula is C12H22N2O2. The van der Waals surface area contributed by atoms with Crippen LogP contribution in [-0.2, 0) is 4.74 Å². The maximum Gasteiger partial charge on any atom is 0.410 e. The summed E-state index contributed by atoms with van der Waals surface area (Å²) in [6, 6.07) is 0. The molecule has 0 atom stereocenters. The number of carbonyl (C=O) groups excluding carboxylic acids is 1. The van der Waals surface area contributed by atoms with E-state index < -0.39 is 0 Å². The van der Waals surface area contributed by atoms with Gasteiger partial charge in [-0.15, -0.1) is 0 Å². The Balaban J connectivity index is 1.64. The summed E-state index contributed by atoms with van der Waals surface area (Å²) in [7, 11) is 1.97. The lowest BCUT2D eigenvalue weighted by Gasteiger charge is -2.36. The van der Waals surface area contributed by atoms with Gasteiger partial charge in [0.2, 0.25) is 0 Å². The number of nitrogens with zero attached hydrogens (tertiary/aromatic N) is 1. The van der Waals surface area contributed by atoms with Crippen LogP contribution in [0.3, 0.4) is 0 Å². The monoisotopic (exact) mass is 226 g/mol. The number of piperidine rings is 1. The van der Waals surface area contributed by atoms with Crippen LogP contribution in [0.25, 0.3) is 0 Å². The van der Waals surface area contributed by atoms with Gasteiger partial charge >= 0.3 is 6.09 Å². The molecule has 0 spiro atoms. The zero-order valence-electron chi connectivity index (χ0n) is 10.1. The summed E-state index contributed by atoms with van der Waals surface area (Å²) in [6.45, 7) is 2.80. The summed E-state index contributed by atoms with van der Waals surface area (Å²) in [6.07, 6.45) is 5.64. The number of hydrogen-bond acceptors (Lipinski definition) is 3. The third-order valence-corrected chi connectivity index (χ3v) is 3.57. The third-order valence-electron chi connectivity index (χ3n) is 3.57. The lowest BCUT2D eigenvalue weighted by Crippen LogP contribution is -2.43. The zero-order valence-corrected chi connectivity index (χ0v) is 10.1. The number of ether oxygens (including phenoxy) is 1. The predicted octanol–water partition coefficient (Wildman–Crippen LogP) is 1.61. The van der Waals surface area contributed by atoms with Crippen LogP contribution >= 0.6 is 0 Å². The van der Waals surface area contributed by atoms with Crippen molar-refractivity contribution in [2.75, 3.05) is 26.7 Å². The van der Waals surface area contributed by atoms with E-state index in [1.54, 1.807) is 0 Å². The van der Waals surface area contributed by atoms with Crippen LogP contribution in [0.4, 0.5) is 4.79 Å². The third kappa shape index (κ3) is 2.88. The van der Waals surface area contributed by atoms with Gasteiger partial charge in [-0.05, 0) is 51.6 Å². The molecule has 1 aliphatic heterocycles. The molecule has 4 heteroatoms. The van der Waals surface area contributed by atoms with Gasteiger partial charge in [0.15, 0.2) is 0 Å². The number of rotatable bonds is 3. The molecule has 1 saturated carbocycles. The van der Waals surface area contributed by atoms with Crippen LogP contribution in [0.1, 0.15) is 32.1 Å². The van der Waals surface area contributed by atoms with Crippen molar-refractivity contribution in [1.29, 1.82) is 0 Å². The fraction of sp³-hybridized carbons (Fsp3) is 0.917. The molecule has 2 aliphatic rings. The molecule has 1 amide bonds. The van der Waals surface area contributed by atoms with E-state index in [2.05, 4.69) is 5.32 Å². The fourth-order valence-electron chi connectivity index (χ4n) is 2.52. The Morgan fingerprint density at radius 1 is 1.31 bits per heavy atom. The van der Waals surface area contributed by atoms with Crippen molar-refractivity contribution in [2.45, 2.75) is 38.2 Å². The molecule has 0 radical (unpaired) electrons. The lowest BCUT2D eigenvalue weighted by atomic mass is 9.82. The highest BCUT2D eigenvalue weighted by molar-refractivity contribution is 5.68. The molecule has 1 heterocycles. The maximum atomic E-state index is 11.8. The van der Waals surface area contributed by atoms with Crippen LogP contribution in [0.5, 0.6) is 0 Å². The number of amides is 1. The summed E-state index contributed by atoms with van der Waals surface area (Å²) in [4.78, 5) is 13.6. The molecule has 16 heavy (non-hydrogen) atoms. The lowest BCUT2D eigenvalue weighted by molar-refractivity contribution is -0.00305. The van der Waals surface area contributed by atoms with Crippen molar-refractivity contribution in [3.63, 3.8) is 0 Å².